The van der Waals surface area contributed by atoms with Crippen LogP contribution in [0.5, 0.6) is 0 Å². The van der Waals surface area contributed by atoms with Crippen molar-refractivity contribution in [3.8, 4) is 5.69 Å². The van der Waals surface area contributed by atoms with Crippen LogP contribution in [0.15, 0.2) is 53.4 Å². The molecule has 0 bridgehead atoms. The minimum Gasteiger partial charge on any atom is -0.325 e. The van der Waals surface area contributed by atoms with E-state index >= 15 is 0 Å². The highest BCUT2D eigenvalue weighted by molar-refractivity contribution is 7.99. The minimum atomic E-state index is -0.345. The van der Waals surface area contributed by atoms with E-state index in [1.54, 1.807) is 40.7 Å². The van der Waals surface area contributed by atoms with Crippen molar-refractivity contribution in [2.24, 2.45) is 0 Å². The average molecular weight is 439 g/mol. The molecule has 0 aliphatic carbocycles. The summed E-state index contributed by atoms with van der Waals surface area (Å²) in [5, 5.41) is 10.4. The zero-order chi connectivity index (χ0) is 22.2. The molecule has 0 saturated carbocycles. The van der Waals surface area contributed by atoms with Gasteiger partial charge in [0.2, 0.25) is 5.91 Å². The molecule has 0 atom stereocenters. The van der Waals surface area contributed by atoms with E-state index in [9.17, 15) is 14.0 Å². The molecule has 2 amide bonds. The molecule has 2 aromatic carbocycles. The molecule has 2 N–H and O–H groups in total. The van der Waals surface area contributed by atoms with Gasteiger partial charge in [-0.2, -0.15) is 5.10 Å². The number of carbonyl (C=O) groups excluding carboxylic acids is 2. The number of halogens is 1. The van der Waals surface area contributed by atoms with Crippen molar-refractivity contribution in [1.29, 1.82) is 0 Å². The van der Waals surface area contributed by atoms with Crippen molar-refractivity contribution in [1.82, 2.24) is 9.78 Å². The van der Waals surface area contributed by atoms with Crippen molar-refractivity contribution in [2.45, 2.75) is 37.5 Å². The van der Waals surface area contributed by atoms with Gasteiger partial charge in [-0.25, -0.2) is 9.07 Å². The highest BCUT2D eigenvalue weighted by Crippen LogP contribution is 2.32. The Morgan fingerprint density at radius 3 is 2.61 bits per heavy atom. The van der Waals surface area contributed by atoms with Crippen molar-refractivity contribution in [3.63, 3.8) is 0 Å². The fourth-order valence-electron chi connectivity index (χ4n) is 3.17. The lowest BCUT2D eigenvalue weighted by atomic mass is 9.92. The van der Waals surface area contributed by atoms with Gasteiger partial charge in [0, 0.05) is 34.1 Å². The Hall–Kier alpha value is -3.13. The van der Waals surface area contributed by atoms with Crippen LogP contribution >= 0.6 is 11.8 Å². The number of hydrogen-bond donors (Lipinski definition) is 2. The molecule has 6 nitrogen and oxygen atoms in total. The number of nitrogens with zero attached hydrogens (tertiary/aromatic N) is 2. The average Bonchev–Trinajstić information content (AvgIpc) is 3.04. The molecule has 160 valence electrons. The third-order valence-electron chi connectivity index (χ3n) is 4.89. The van der Waals surface area contributed by atoms with Gasteiger partial charge >= 0.3 is 0 Å². The van der Waals surface area contributed by atoms with E-state index in [1.165, 1.54) is 12.1 Å². The zero-order valence-corrected chi connectivity index (χ0v) is 18.3. The summed E-state index contributed by atoms with van der Waals surface area (Å²) in [4.78, 5) is 25.8. The third kappa shape index (κ3) is 4.64. The standard InChI is InChI=1S/C23H23FN4O2S/c1-23(2,3)19-13-20(28(27-19)16-7-5-15(24)6-8-16)26-22(30)14-4-9-18-17(12-14)25-21(29)10-11-31-18/h4-9,12-13H,10-11H2,1-3H3,(H,25,29)(H,26,30). The minimum absolute atomic E-state index is 0.0620. The Morgan fingerprint density at radius 2 is 1.90 bits per heavy atom. The Morgan fingerprint density at radius 1 is 1.16 bits per heavy atom. The van der Waals surface area contributed by atoms with Crippen LogP contribution in [0.2, 0.25) is 0 Å². The van der Waals surface area contributed by atoms with E-state index in [-0.39, 0.29) is 23.0 Å². The second kappa shape index (κ2) is 8.19. The normalized spacial score (nSPS) is 13.9. The number of thioether (sulfide) groups is 1. The molecule has 0 saturated heterocycles. The molecule has 2 heterocycles. The van der Waals surface area contributed by atoms with E-state index in [1.807, 2.05) is 32.9 Å². The second-order valence-electron chi connectivity index (χ2n) is 8.36. The van der Waals surface area contributed by atoms with E-state index < -0.39 is 0 Å². The first-order valence-electron chi connectivity index (χ1n) is 9.95. The Labute approximate surface area is 184 Å². The number of benzene rings is 2. The number of rotatable bonds is 3. The zero-order valence-electron chi connectivity index (χ0n) is 17.5. The quantitative estimate of drug-likeness (QED) is 0.604. The maximum atomic E-state index is 13.4. The van der Waals surface area contributed by atoms with E-state index in [2.05, 4.69) is 15.7 Å². The van der Waals surface area contributed by atoms with Crippen LogP contribution < -0.4 is 10.6 Å². The van der Waals surface area contributed by atoms with E-state index in [0.717, 1.165) is 10.6 Å². The van der Waals surface area contributed by atoms with Gasteiger partial charge < -0.3 is 10.6 Å². The molecule has 4 rings (SSSR count). The first-order valence-corrected chi connectivity index (χ1v) is 10.9. The summed E-state index contributed by atoms with van der Waals surface area (Å²) in [5.74, 6) is 0.455. The predicted molar refractivity (Wildman–Crippen MR) is 121 cm³/mol. The summed E-state index contributed by atoms with van der Waals surface area (Å²) in [5.41, 5.74) is 2.25. The van der Waals surface area contributed by atoms with Gasteiger partial charge in [-0.1, -0.05) is 20.8 Å². The fourth-order valence-corrected chi connectivity index (χ4v) is 4.10. The van der Waals surface area contributed by atoms with Crippen LogP contribution in [0.3, 0.4) is 0 Å². The van der Waals surface area contributed by atoms with Gasteiger partial charge in [-0.15, -0.1) is 11.8 Å². The third-order valence-corrected chi connectivity index (χ3v) is 5.97. The van der Waals surface area contributed by atoms with Crippen LogP contribution in [-0.4, -0.2) is 27.3 Å². The van der Waals surface area contributed by atoms with E-state index in [4.69, 9.17) is 0 Å². The molecule has 31 heavy (non-hydrogen) atoms. The monoisotopic (exact) mass is 438 g/mol. The number of amides is 2. The molecule has 0 radical (unpaired) electrons. The van der Waals surface area contributed by atoms with Gasteiger partial charge in [0.25, 0.3) is 5.91 Å². The number of nitrogens with one attached hydrogen (secondary N) is 2. The summed E-state index contributed by atoms with van der Waals surface area (Å²) >= 11 is 1.58. The molecular weight excluding hydrogens is 415 g/mol. The molecular formula is C23H23FN4O2S. The van der Waals surface area contributed by atoms with Crippen LogP contribution in [0.4, 0.5) is 15.9 Å². The first kappa shape index (κ1) is 21.1. The van der Waals surface area contributed by atoms with Crippen molar-refractivity contribution in [3.05, 3.63) is 65.6 Å². The lowest BCUT2D eigenvalue weighted by molar-refractivity contribution is -0.115. The topological polar surface area (TPSA) is 76.0 Å². The van der Waals surface area contributed by atoms with Crippen LogP contribution in [0.25, 0.3) is 5.69 Å². The number of aromatic nitrogens is 2. The summed E-state index contributed by atoms with van der Waals surface area (Å²) in [6, 6.07) is 13.0. The molecule has 0 spiro atoms. The molecule has 3 aromatic rings. The summed E-state index contributed by atoms with van der Waals surface area (Å²) in [7, 11) is 0. The number of fused-ring (bicyclic) bond motifs is 1. The van der Waals surface area contributed by atoms with Gasteiger partial charge in [0.1, 0.15) is 11.6 Å². The van der Waals surface area contributed by atoms with Crippen molar-refractivity contribution in [2.75, 3.05) is 16.4 Å². The highest BCUT2D eigenvalue weighted by atomic mass is 32.2. The largest absolute Gasteiger partial charge is 0.325 e. The molecule has 0 unspecified atom stereocenters. The molecule has 1 aromatic heterocycles. The van der Waals surface area contributed by atoms with E-state index in [0.29, 0.717) is 34.9 Å². The van der Waals surface area contributed by atoms with Gasteiger partial charge in [0.15, 0.2) is 0 Å². The molecule has 0 fully saturated rings. The second-order valence-corrected chi connectivity index (χ2v) is 9.50. The van der Waals surface area contributed by atoms with Gasteiger partial charge in [-0.05, 0) is 42.5 Å². The number of anilines is 2. The lowest BCUT2D eigenvalue weighted by Crippen LogP contribution is -2.16. The number of carbonyl (C=O) groups is 2. The molecule has 8 heteroatoms. The predicted octanol–water partition coefficient (Wildman–Crippen LogP) is 5.00. The summed E-state index contributed by atoms with van der Waals surface area (Å²) in [6.45, 7) is 6.09. The SMILES string of the molecule is CC(C)(C)c1cc(NC(=O)c2ccc3c(c2)NC(=O)CCS3)n(-c2ccc(F)cc2)n1. The van der Waals surface area contributed by atoms with Crippen molar-refractivity contribution < 1.29 is 14.0 Å². The van der Waals surface area contributed by atoms with Gasteiger partial charge in [0.05, 0.1) is 17.1 Å². The van der Waals surface area contributed by atoms with Crippen LogP contribution in [0.1, 0.15) is 43.2 Å². The number of hydrogen-bond acceptors (Lipinski definition) is 4. The Balaban J connectivity index is 1.67. The van der Waals surface area contributed by atoms with Crippen LogP contribution in [0, 0.1) is 5.82 Å². The maximum Gasteiger partial charge on any atom is 0.256 e. The highest BCUT2D eigenvalue weighted by Gasteiger charge is 2.22. The summed E-state index contributed by atoms with van der Waals surface area (Å²) in [6.07, 6.45) is 0.438. The molecule has 1 aliphatic rings. The van der Waals surface area contributed by atoms with Gasteiger partial charge in [-0.3, -0.25) is 9.59 Å². The summed E-state index contributed by atoms with van der Waals surface area (Å²) < 4.78 is 15.0. The maximum absolute atomic E-state index is 13.4. The Bertz CT molecular complexity index is 1150. The smallest absolute Gasteiger partial charge is 0.256 e. The lowest BCUT2D eigenvalue weighted by Gasteiger charge is -2.14. The molecule has 1 aliphatic heterocycles. The first-order chi connectivity index (χ1) is 14.7. The fraction of sp³-hybridized carbons (Fsp3) is 0.261. The van der Waals surface area contributed by atoms with Crippen molar-refractivity contribution >= 4 is 35.1 Å². The van der Waals surface area contributed by atoms with Crippen LogP contribution in [-0.2, 0) is 10.2 Å². The Kier molecular flexibility index (Phi) is 5.58.